The molecule has 2 heterocycles. The summed E-state index contributed by atoms with van der Waals surface area (Å²) in [5.41, 5.74) is 2.67. The first kappa shape index (κ1) is 22.9. The third-order valence-corrected chi connectivity index (χ3v) is 5.80. The van der Waals surface area contributed by atoms with E-state index in [1.165, 1.54) is 30.3 Å². The molecular formula is C24H18ClN3O6. The van der Waals surface area contributed by atoms with E-state index in [-0.39, 0.29) is 27.5 Å². The lowest BCUT2D eigenvalue weighted by molar-refractivity contribution is -0.384. The van der Waals surface area contributed by atoms with E-state index in [0.717, 1.165) is 16.1 Å². The van der Waals surface area contributed by atoms with Gasteiger partial charge in [-0.1, -0.05) is 11.6 Å². The number of benzene rings is 2. The molecular weight excluding hydrogens is 462 g/mol. The zero-order chi connectivity index (χ0) is 24.7. The molecule has 0 unspecified atom stereocenters. The Hall–Kier alpha value is -4.24. The maximum Gasteiger partial charge on any atom is 0.337 e. The van der Waals surface area contributed by atoms with Crippen LogP contribution < -0.4 is 5.01 Å². The lowest BCUT2D eigenvalue weighted by atomic mass is 10.0. The Labute approximate surface area is 198 Å². The minimum atomic E-state index is -1.22. The number of hydrogen-bond acceptors (Lipinski definition) is 6. The summed E-state index contributed by atoms with van der Waals surface area (Å²) in [7, 11) is 0. The highest BCUT2D eigenvalue weighted by Gasteiger charge is 2.30. The van der Waals surface area contributed by atoms with Crippen molar-refractivity contribution in [3.8, 4) is 11.3 Å². The monoisotopic (exact) mass is 479 g/mol. The number of nitrogens with zero attached hydrogens (tertiary/aromatic N) is 3. The summed E-state index contributed by atoms with van der Waals surface area (Å²) in [6.07, 6.45) is 1.49. The van der Waals surface area contributed by atoms with Crippen molar-refractivity contribution in [1.29, 1.82) is 0 Å². The Morgan fingerprint density at radius 2 is 1.85 bits per heavy atom. The number of carboxylic acids is 1. The second-order valence-corrected chi connectivity index (χ2v) is 8.15. The number of amides is 1. The van der Waals surface area contributed by atoms with Gasteiger partial charge >= 0.3 is 5.97 Å². The van der Waals surface area contributed by atoms with Crippen LogP contribution in [-0.4, -0.2) is 27.6 Å². The molecule has 34 heavy (non-hydrogen) atoms. The van der Waals surface area contributed by atoms with Gasteiger partial charge in [-0.05, 0) is 74.4 Å². The molecule has 1 aliphatic heterocycles. The number of furan rings is 1. The van der Waals surface area contributed by atoms with E-state index in [0.29, 0.717) is 22.8 Å². The highest BCUT2D eigenvalue weighted by molar-refractivity contribution is 6.34. The number of carbonyl (C=O) groups excluding carboxylic acids is 1. The minimum absolute atomic E-state index is 0.0444. The van der Waals surface area contributed by atoms with Crippen LogP contribution in [0.3, 0.4) is 0 Å². The van der Waals surface area contributed by atoms with E-state index in [1.54, 1.807) is 32.0 Å². The molecule has 1 aromatic heterocycles. The van der Waals surface area contributed by atoms with Gasteiger partial charge in [-0.15, -0.1) is 0 Å². The third-order valence-electron chi connectivity index (χ3n) is 5.48. The smallest absolute Gasteiger partial charge is 0.337 e. The number of nitro benzene ring substituents is 1. The predicted molar refractivity (Wildman–Crippen MR) is 127 cm³/mol. The first-order valence-electron chi connectivity index (χ1n) is 10.1. The van der Waals surface area contributed by atoms with Crippen LogP contribution in [0.4, 0.5) is 11.4 Å². The quantitative estimate of drug-likeness (QED) is 0.287. The fourth-order valence-electron chi connectivity index (χ4n) is 3.53. The van der Waals surface area contributed by atoms with Crippen molar-refractivity contribution >= 4 is 46.6 Å². The molecule has 1 aliphatic rings. The highest BCUT2D eigenvalue weighted by Crippen LogP contribution is 2.35. The molecule has 0 saturated carbocycles. The molecule has 1 N–H and O–H groups in total. The molecule has 0 fully saturated rings. The predicted octanol–water partition coefficient (Wildman–Crippen LogP) is 5.63. The summed E-state index contributed by atoms with van der Waals surface area (Å²) >= 11 is 5.91. The van der Waals surface area contributed by atoms with Gasteiger partial charge in [-0.3, -0.25) is 14.9 Å². The van der Waals surface area contributed by atoms with Crippen LogP contribution in [0.25, 0.3) is 17.4 Å². The van der Waals surface area contributed by atoms with E-state index in [9.17, 15) is 24.8 Å². The normalized spacial score (nSPS) is 14.6. The molecule has 3 aromatic rings. The van der Waals surface area contributed by atoms with Gasteiger partial charge < -0.3 is 9.52 Å². The highest BCUT2D eigenvalue weighted by atomic mass is 35.5. The largest absolute Gasteiger partial charge is 0.478 e. The van der Waals surface area contributed by atoms with Gasteiger partial charge in [0.1, 0.15) is 11.5 Å². The second-order valence-electron chi connectivity index (χ2n) is 7.74. The number of hydrazone groups is 1. The van der Waals surface area contributed by atoms with Crippen LogP contribution in [0.15, 0.2) is 57.6 Å². The summed E-state index contributed by atoms with van der Waals surface area (Å²) in [5.74, 6) is -1.10. The number of halogens is 1. The van der Waals surface area contributed by atoms with Gasteiger partial charge in [-0.25, -0.2) is 4.79 Å². The van der Waals surface area contributed by atoms with Crippen molar-refractivity contribution in [3.63, 3.8) is 0 Å². The number of aromatic carboxylic acids is 1. The van der Waals surface area contributed by atoms with Crippen molar-refractivity contribution in [2.45, 2.75) is 20.8 Å². The molecule has 2 aromatic carbocycles. The van der Waals surface area contributed by atoms with Gasteiger partial charge in [0, 0.05) is 6.07 Å². The van der Waals surface area contributed by atoms with Crippen LogP contribution >= 0.6 is 11.6 Å². The summed E-state index contributed by atoms with van der Waals surface area (Å²) in [5, 5.41) is 26.2. The van der Waals surface area contributed by atoms with E-state index in [1.807, 2.05) is 6.92 Å². The Morgan fingerprint density at radius 1 is 1.15 bits per heavy atom. The average molecular weight is 480 g/mol. The standard InChI is InChI=1S/C24H18ClN3O6/c1-12-8-19(21(28(32)33)9-13(12)2)22-7-5-16(34-22)11-17-14(3)26-27(23(17)29)15-4-6-20(25)18(10-15)24(30)31/h4-11H,1-3H3,(H,30,31)/b17-11-. The molecule has 0 atom stereocenters. The molecule has 9 nitrogen and oxygen atoms in total. The van der Waals surface area contributed by atoms with Crippen molar-refractivity contribution < 1.29 is 24.0 Å². The number of anilines is 1. The van der Waals surface area contributed by atoms with Gasteiger partial charge in [0.2, 0.25) is 0 Å². The molecule has 0 bridgehead atoms. The fraction of sp³-hybridized carbons (Fsp3) is 0.125. The zero-order valence-corrected chi connectivity index (χ0v) is 19.1. The maximum atomic E-state index is 13.0. The van der Waals surface area contributed by atoms with Crippen molar-refractivity contribution in [2.24, 2.45) is 5.10 Å². The van der Waals surface area contributed by atoms with Crippen LogP contribution in [0, 0.1) is 24.0 Å². The van der Waals surface area contributed by atoms with E-state index in [2.05, 4.69) is 5.10 Å². The van der Waals surface area contributed by atoms with Gasteiger partial charge in [0.25, 0.3) is 11.6 Å². The SMILES string of the molecule is CC1=NN(c2ccc(Cl)c(C(=O)O)c2)C(=O)/C1=C\c1ccc(-c2cc(C)c(C)cc2[N+](=O)[O-])o1. The Kier molecular flexibility index (Phi) is 5.80. The molecule has 0 spiro atoms. The summed E-state index contributed by atoms with van der Waals surface area (Å²) in [6.45, 7) is 5.28. The van der Waals surface area contributed by atoms with Crippen LogP contribution in [0.1, 0.15) is 34.2 Å². The molecule has 0 aliphatic carbocycles. The number of aryl methyl sites for hydroxylation is 2. The second kappa shape index (κ2) is 8.60. The molecule has 4 rings (SSSR count). The lowest BCUT2D eigenvalue weighted by Crippen LogP contribution is -2.21. The van der Waals surface area contributed by atoms with Crippen LogP contribution in [-0.2, 0) is 4.79 Å². The summed E-state index contributed by atoms with van der Waals surface area (Å²) in [6, 6.07) is 10.6. The van der Waals surface area contributed by atoms with Gasteiger partial charge in [0.05, 0.1) is 38.0 Å². The number of nitro groups is 1. The van der Waals surface area contributed by atoms with Gasteiger partial charge in [0.15, 0.2) is 0 Å². The molecule has 1 amide bonds. The number of carboxylic acid groups (broad SMARTS) is 1. The third kappa shape index (κ3) is 4.08. The maximum absolute atomic E-state index is 13.0. The van der Waals surface area contributed by atoms with Crippen molar-refractivity contribution in [3.05, 3.63) is 85.6 Å². The van der Waals surface area contributed by atoms with Gasteiger partial charge in [-0.2, -0.15) is 10.1 Å². The van der Waals surface area contributed by atoms with E-state index < -0.39 is 16.8 Å². The molecule has 172 valence electrons. The average Bonchev–Trinajstić information content (AvgIpc) is 3.35. The first-order chi connectivity index (χ1) is 16.1. The number of hydrogen-bond donors (Lipinski definition) is 1. The molecule has 0 radical (unpaired) electrons. The van der Waals surface area contributed by atoms with Crippen LogP contribution in [0.2, 0.25) is 5.02 Å². The van der Waals surface area contributed by atoms with E-state index in [4.69, 9.17) is 16.0 Å². The van der Waals surface area contributed by atoms with E-state index >= 15 is 0 Å². The topological polar surface area (TPSA) is 126 Å². The summed E-state index contributed by atoms with van der Waals surface area (Å²) < 4.78 is 5.82. The molecule has 10 heteroatoms. The lowest BCUT2D eigenvalue weighted by Gasteiger charge is -2.12. The number of carbonyl (C=O) groups is 2. The fourth-order valence-corrected chi connectivity index (χ4v) is 3.73. The summed E-state index contributed by atoms with van der Waals surface area (Å²) in [4.78, 5) is 35.5. The van der Waals surface area contributed by atoms with Crippen LogP contribution in [0.5, 0.6) is 0 Å². The minimum Gasteiger partial charge on any atom is -0.478 e. The zero-order valence-electron chi connectivity index (χ0n) is 18.3. The Morgan fingerprint density at radius 3 is 2.53 bits per heavy atom. The first-order valence-corrected chi connectivity index (χ1v) is 10.4. The number of rotatable bonds is 5. The Bertz CT molecular complexity index is 1440. The van der Waals surface area contributed by atoms with Crippen molar-refractivity contribution in [1.82, 2.24) is 0 Å². The van der Waals surface area contributed by atoms with Crippen molar-refractivity contribution in [2.75, 3.05) is 5.01 Å². The molecule has 0 saturated heterocycles. The Balaban J connectivity index is 1.68.